The minimum atomic E-state index is 0.0455. The van der Waals surface area contributed by atoms with Crippen LogP contribution >= 0.6 is 0 Å². The molecule has 138 valence electrons. The Hall–Kier alpha value is -1.59. The van der Waals surface area contributed by atoms with E-state index in [-0.39, 0.29) is 12.0 Å². The van der Waals surface area contributed by atoms with Crippen LogP contribution in [0.1, 0.15) is 32.1 Å². The lowest BCUT2D eigenvalue weighted by molar-refractivity contribution is -0.118. The van der Waals surface area contributed by atoms with Gasteiger partial charge in [-0.3, -0.25) is 4.79 Å². The molecule has 0 bridgehead atoms. The van der Waals surface area contributed by atoms with E-state index in [9.17, 15) is 4.79 Å². The molecule has 2 aliphatic rings. The smallest absolute Gasteiger partial charge is 0.226 e. The number of nitrogens with one attached hydrogen (secondary N) is 1. The SMILES string of the molecule is CN(C)CC1CCN(c2ccc(NC(=O)C[C@@H]3CCCO3)cc2)CC1. The Morgan fingerprint density at radius 2 is 1.92 bits per heavy atom. The van der Waals surface area contributed by atoms with Gasteiger partial charge in [-0.1, -0.05) is 0 Å². The maximum absolute atomic E-state index is 12.1. The molecule has 1 atom stereocenters. The van der Waals surface area contributed by atoms with Crippen molar-refractivity contribution in [3.05, 3.63) is 24.3 Å². The fourth-order valence-electron chi connectivity index (χ4n) is 3.87. The molecule has 5 heteroatoms. The van der Waals surface area contributed by atoms with Crippen LogP contribution in [-0.2, 0) is 9.53 Å². The number of carbonyl (C=O) groups excluding carboxylic acids is 1. The zero-order chi connectivity index (χ0) is 17.6. The highest BCUT2D eigenvalue weighted by atomic mass is 16.5. The fourth-order valence-corrected chi connectivity index (χ4v) is 3.87. The van der Waals surface area contributed by atoms with Crippen LogP contribution in [0.2, 0.25) is 0 Å². The Morgan fingerprint density at radius 3 is 2.52 bits per heavy atom. The van der Waals surface area contributed by atoms with E-state index in [0.29, 0.717) is 6.42 Å². The van der Waals surface area contributed by atoms with E-state index in [1.54, 1.807) is 0 Å². The molecule has 0 unspecified atom stereocenters. The summed E-state index contributed by atoms with van der Waals surface area (Å²) in [5.74, 6) is 0.853. The minimum Gasteiger partial charge on any atom is -0.378 e. The van der Waals surface area contributed by atoms with Crippen molar-refractivity contribution in [2.75, 3.05) is 50.6 Å². The third-order valence-corrected chi connectivity index (χ3v) is 5.19. The maximum Gasteiger partial charge on any atom is 0.226 e. The van der Waals surface area contributed by atoms with Gasteiger partial charge in [-0.25, -0.2) is 0 Å². The number of anilines is 2. The van der Waals surface area contributed by atoms with E-state index in [2.05, 4.69) is 41.3 Å². The minimum absolute atomic E-state index is 0.0455. The van der Waals surface area contributed by atoms with Crippen LogP contribution < -0.4 is 10.2 Å². The van der Waals surface area contributed by atoms with Gasteiger partial charge in [-0.2, -0.15) is 0 Å². The third kappa shape index (κ3) is 5.44. The van der Waals surface area contributed by atoms with Crippen LogP contribution in [-0.4, -0.2) is 57.2 Å². The van der Waals surface area contributed by atoms with Crippen LogP contribution in [0.4, 0.5) is 11.4 Å². The Kier molecular flexibility index (Phi) is 6.32. The number of ether oxygens (including phenoxy) is 1. The van der Waals surface area contributed by atoms with Gasteiger partial charge >= 0.3 is 0 Å². The standard InChI is InChI=1S/C20H31N3O2/c1-22(2)15-16-9-11-23(12-10-16)18-7-5-17(6-8-18)21-20(24)14-19-4-3-13-25-19/h5-8,16,19H,3-4,9-15H2,1-2H3,(H,21,24)/t19-/m0/s1. The highest BCUT2D eigenvalue weighted by Gasteiger charge is 2.21. The van der Waals surface area contributed by atoms with Crippen molar-refractivity contribution in [1.82, 2.24) is 4.90 Å². The molecule has 2 fully saturated rings. The van der Waals surface area contributed by atoms with E-state index in [0.717, 1.165) is 44.1 Å². The van der Waals surface area contributed by atoms with Crippen LogP contribution in [0.25, 0.3) is 0 Å². The summed E-state index contributed by atoms with van der Waals surface area (Å²) in [6.45, 7) is 4.20. The first-order valence-electron chi connectivity index (χ1n) is 9.51. The van der Waals surface area contributed by atoms with Crippen LogP contribution in [0.5, 0.6) is 0 Å². The Bertz CT molecular complexity index is 545. The molecule has 2 aliphatic heterocycles. The summed E-state index contributed by atoms with van der Waals surface area (Å²) in [6, 6.07) is 8.26. The number of nitrogens with zero attached hydrogens (tertiary/aromatic N) is 2. The molecule has 2 heterocycles. The lowest BCUT2D eigenvalue weighted by atomic mass is 9.96. The van der Waals surface area contributed by atoms with E-state index >= 15 is 0 Å². The van der Waals surface area contributed by atoms with E-state index in [1.165, 1.54) is 25.1 Å². The number of rotatable bonds is 6. The van der Waals surface area contributed by atoms with E-state index < -0.39 is 0 Å². The Morgan fingerprint density at radius 1 is 1.20 bits per heavy atom. The molecule has 1 aromatic carbocycles. The second kappa shape index (κ2) is 8.68. The van der Waals surface area contributed by atoms with Gasteiger partial charge in [0.05, 0.1) is 12.5 Å². The lowest BCUT2D eigenvalue weighted by Gasteiger charge is -2.34. The molecule has 2 saturated heterocycles. The molecular weight excluding hydrogens is 314 g/mol. The van der Waals surface area contributed by atoms with Crippen LogP contribution in [0.3, 0.4) is 0 Å². The summed E-state index contributed by atoms with van der Waals surface area (Å²) >= 11 is 0. The van der Waals surface area contributed by atoms with Crippen molar-refractivity contribution in [3.8, 4) is 0 Å². The van der Waals surface area contributed by atoms with Gasteiger partial charge in [-0.15, -0.1) is 0 Å². The van der Waals surface area contributed by atoms with Gasteiger partial charge in [0.25, 0.3) is 0 Å². The van der Waals surface area contributed by atoms with Crippen molar-refractivity contribution < 1.29 is 9.53 Å². The topological polar surface area (TPSA) is 44.8 Å². The highest BCUT2D eigenvalue weighted by molar-refractivity contribution is 5.91. The van der Waals surface area contributed by atoms with Gasteiger partial charge in [0, 0.05) is 37.6 Å². The molecule has 0 aliphatic carbocycles. The first-order valence-corrected chi connectivity index (χ1v) is 9.51. The van der Waals surface area contributed by atoms with Crippen molar-refractivity contribution in [3.63, 3.8) is 0 Å². The second-order valence-electron chi connectivity index (χ2n) is 7.63. The average molecular weight is 345 g/mol. The number of piperidine rings is 1. The zero-order valence-electron chi connectivity index (χ0n) is 15.5. The molecule has 0 aromatic heterocycles. The summed E-state index contributed by atoms with van der Waals surface area (Å²) in [5.41, 5.74) is 2.12. The summed E-state index contributed by atoms with van der Waals surface area (Å²) in [4.78, 5) is 16.8. The van der Waals surface area contributed by atoms with Gasteiger partial charge in [0.15, 0.2) is 0 Å². The molecular formula is C20H31N3O2. The number of hydrogen-bond donors (Lipinski definition) is 1. The van der Waals surface area contributed by atoms with Crippen LogP contribution in [0, 0.1) is 5.92 Å². The van der Waals surface area contributed by atoms with Gasteiger partial charge in [0.2, 0.25) is 5.91 Å². The average Bonchev–Trinajstić information content (AvgIpc) is 3.08. The summed E-state index contributed by atoms with van der Waals surface area (Å²) in [7, 11) is 4.30. The molecule has 0 spiro atoms. The number of carbonyl (C=O) groups is 1. The van der Waals surface area contributed by atoms with Gasteiger partial charge in [0.1, 0.15) is 0 Å². The third-order valence-electron chi connectivity index (χ3n) is 5.19. The van der Waals surface area contributed by atoms with E-state index in [1.807, 2.05) is 12.1 Å². The maximum atomic E-state index is 12.1. The quantitative estimate of drug-likeness (QED) is 0.861. The van der Waals surface area contributed by atoms with Crippen molar-refractivity contribution in [1.29, 1.82) is 0 Å². The zero-order valence-corrected chi connectivity index (χ0v) is 15.5. The molecule has 1 aromatic rings. The van der Waals surface area contributed by atoms with E-state index in [4.69, 9.17) is 4.74 Å². The number of amides is 1. The summed E-state index contributed by atoms with van der Waals surface area (Å²) in [5, 5.41) is 2.98. The Balaban J connectivity index is 1.46. The molecule has 5 nitrogen and oxygen atoms in total. The first-order chi connectivity index (χ1) is 12.1. The highest BCUT2D eigenvalue weighted by Crippen LogP contribution is 2.25. The molecule has 25 heavy (non-hydrogen) atoms. The predicted molar refractivity (Wildman–Crippen MR) is 102 cm³/mol. The largest absolute Gasteiger partial charge is 0.378 e. The number of benzene rings is 1. The Labute approximate surface area is 151 Å². The van der Waals surface area contributed by atoms with Gasteiger partial charge in [-0.05, 0) is 70.0 Å². The molecule has 1 amide bonds. The molecule has 0 radical (unpaired) electrons. The first kappa shape index (κ1) is 18.2. The monoisotopic (exact) mass is 345 g/mol. The van der Waals surface area contributed by atoms with Crippen molar-refractivity contribution in [2.45, 2.75) is 38.2 Å². The summed E-state index contributed by atoms with van der Waals surface area (Å²) < 4.78 is 5.52. The van der Waals surface area contributed by atoms with Crippen LogP contribution in [0.15, 0.2) is 24.3 Å². The van der Waals surface area contributed by atoms with Gasteiger partial charge < -0.3 is 19.9 Å². The lowest BCUT2D eigenvalue weighted by Crippen LogP contribution is -2.37. The van der Waals surface area contributed by atoms with Crippen molar-refractivity contribution in [2.24, 2.45) is 5.92 Å². The normalized spacial score (nSPS) is 21.7. The fraction of sp³-hybridized carbons (Fsp3) is 0.650. The second-order valence-corrected chi connectivity index (χ2v) is 7.63. The predicted octanol–water partition coefficient (Wildman–Crippen LogP) is 2.97. The van der Waals surface area contributed by atoms with Crippen molar-refractivity contribution >= 4 is 17.3 Å². The molecule has 3 rings (SSSR count). The molecule has 0 saturated carbocycles. The molecule has 1 N–H and O–H groups in total. The summed E-state index contributed by atoms with van der Waals surface area (Å²) in [6.07, 6.45) is 5.12. The number of hydrogen-bond acceptors (Lipinski definition) is 4.